The highest BCUT2D eigenvalue weighted by molar-refractivity contribution is 7.11. The number of halogens is 1. The van der Waals surface area contributed by atoms with E-state index in [-0.39, 0.29) is 0 Å². The third-order valence-corrected chi connectivity index (χ3v) is 4.83. The third kappa shape index (κ3) is 3.70. The monoisotopic (exact) mass is 326 g/mol. The summed E-state index contributed by atoms with van der Waals surface area (Å²) in [7, 11) is 3.09. The fraction of sp³-hybridized carbons (Fsp3) is 0.375. The molecule has 1 aromatic heterocycles. The summed E-state index contributed by atoms with van der Waals surface area (Å²) in [6.07, 6.45) is 0.963. The molecular formula is C16H19ClO3S. The fourth-order valence-electron chi connectivity index (χ4n) is 2.16. The van der Waals surface area contributed by atoms with E-state index in [0.29, 0.717) is 22.9 Å². The number of methoxy groups -OCH3 is 2. The molecule has 21 heavy (non-hydrogen) atoms. The van der Waals surface area contributed by atoms with Crippen LogP contribution >= 0.6 is 22.9 Å². The van der Waals surface area contributed by atoms with Gasteiger partial charge in [0.1, 0.15) is 0 Å². The highest BCUT2D eigenvalue weighted by Gasteiger charge is 2.16. The molecule has 0 aliphatic carbocycles. The molecule has 1 unspecified atom stereocenters. The first-order valence-corrected chi connectivity index (χ1v) is 7.95. The van der Waals surface area contributed by atoms with Crippen molar-refractivity contribution in [2.24, 2.45) is 0 Å². The van der Waals surface area contributed by atoms with E-state index >= 15 is 0 Å². The Hall–Kier alpha value is -1.23. The maximum atomic E-state index is 10.4. The van der Waals surface area contributed by atoms with Crippen molar-refractivity contribution in [2.45, 2.75) is 25.9 Å². The van der Waals surface area contributed by atoms with Crippen molar-refractivity contribution in [3.05, 3.63) is 44.6 Å². The van der Waals surface area contributed by atoms with Crippen molar-refractivity contribution in [1.82, 2.24) is 0 Å². The number of rotatable bonds is 6. The van der Waals surface area contributed by atoms with Crippen LogP contribution in [-0.2, 0) is 12.8 Å². The number of aryl methyl sites for hydroxylation is 1. The SMILES string of the molecule is CCc1ccc(CC(O)c2cc(Cl)c(OC)c(OC)c2)s1. The molecule has 5 heteroatoms. The molecule has 2 aromatic rings. The number of hydrogen-bond acceptors (Lipinski definition) is 4. The summed E-state index contributed by atoms with van der Waals surface area (Å²) in [5, 5.41) is 10.9. The van der Waals surface area contributed by atoms with Gasteiger partial charge in [0.05, 0.1) is 25.3 Å². The molecule has 1 heterocycles. The van der Waals surface area contributed by atoms with Crippen LogP contribution in [0.4, 0.5) is 0 Å². The van der Waals surface area contributed by atoms with Gasteiger partial charge >= 0.3 is 0 Å². The van der Waals surface area contributed by atoms with Crippen molar-refractivity contribution >= 4 is 22.9 Å². The summed E-state index contributed by atoms with van der Waals surface area (Å²) in [5.74, 6) is 1.01. The molecule has 1 N–H and O–H groups in total. The van der Waals surface area contributed by atoms with E-state index in [2.05, 4.69) is 19.1 Å². The van der Waals surface area contributed by atoms with E-state index in [9.17, 15) is 5.11 Å². The Morgan fingerprint density at radius 3 is 2.48 bits per heavy atom. The normalized spacial score (nSPS) is 12.2. The number of thiophene rings is 1. The second-order valence-corrected chi connectivity index (χ2v) is 6.34. The van der Waals surface area contributed by atoms with Crippen molar-refractivity contribution in [3.63, 3.8) is 0 Å². The van der Waals surface area contributed by atoms with Gasteiger partial charge in [-0.3, -0.25) is 0 Å². The summed E-state index contributed by atoms with van der Waals surface area (Å²) in [4.78, 5) is 2.48. The molecular weight excluding hydrogens is 308 g/mol. The fourth-order valence-corrected chi connectivity index (χ4v) is 3.45. The number of ether oxygens (including phenoxy) is 2. The zero-order valence-electron chi connectivity index (χ0n) is 12.4. The van der Waals surface area contributed by atoms with Crippen LogP contribution in [-0.4, -0.2) is 19.3 Å². The van der Waals surface area contributed by atoms with Crippen LogP contribution in [0.3, 0.4) is 0 Å². The van der Waals surface area contributed by atoms with Gasteiger partial charge in [0.2, 0.25) is 0 Å². The minimum absolute atomic E-state index is 0.436. The summed E-state index contributed by atoms with van der Waals surface area (Å²) in [6, 6.07) is 7.66. The first kappa shape index (κ1) is 16.1. The predicted octanol–water partition coefficient (Wildman–Crippen LogP) is 4.26. The first-order valence-electron chi connectivity index (χ1n) is 6.76. The molecule has 0 aliphatic heterocycles. The summed E-state index contributed by atoms with van der Waals surface area (Å²) in [6.45, 7) is 2.13. The van der Waals surface area contributed by atoms with Gasteiger partial charge in [0.25, 0.3) is 0 Å². The average Bonchev–Trinajstić information content (AvgIpc) is 2.93. The lowest BCUT2D eigenvalue weighted by Gasteiger charge is -2.15. The maximum absolute atomic E-state index is 10.4. The molecule has 0 saturated carbocycles. The number of hydrogen-bond donors (Lipinski definition) is 1. The zero-order chi connectivity index (χ0) is 15.4. The van der Waals surface area contributed by atoms with Gasteiger partial charge in [0.15, 0.2) is 11.5 Å². The highest BCUT2D eigenvalue weighted by atomic mass is 35.5. The topological polar surface area (TPSA) is 38.7 Å². The largest absolute Gasteiger partial charge is 0.493 e. The minimum atomic E-state index is -0.620. The Morgan fingerprint density at radius 1 is 1.19 bits per heavy atom. The summed E-state index contributed by atoms with van der Waals surface area (Å²) >= 11 is 7.90. The van der Waals surface area contributed by atoms with Gasteiger partial charge in [-0.15, -0.1) is 11.3 Å². The van der Waals surface area contributed by atoms with E-state index in [4.69, 9.17) is 21.1 Å². The number of benzene rings is 1. The van der Waals surface area contributed by atoms with Crippen molar-refractivity contribution < 1.29 is 14.6 Å². The van der Waals surface area contributed by atoms with E-state index < -0.39 is 6.10 Å². The Bertz CT molecular complexity index is 610. The molecule has 114 valence electrons. The second-order valence-electron chi connectivity index (χ2n) is 4.68. The van der Waals surface area contributed by atoms with Crippen LogP contribution in [0.25, 0.3) is 0 Å². The average molecular weight is 327 g/mol. The molecule has 1 aromatic carbocycles. The lowest BCUT2D eigenvalue weighted by Crippen LogP contribution is -2.02. The first-order chi connectivity index (χ1) is 10.1. The van der Waals surface area contributed by atoms with Gasteiger partial charge in [-0.25, -0.2) is 0 Å². The molecule has 0 radical (unpaired) electrons. The smallest absolute Gasteiger partial charge is 0.179 e. The molecule has 0 fully saturated rings. The maximum Gasteiger partial charge on any atom is 0.179 e. The summed E-state index contributed by atoms with van der Waals surface area (Å²) in [5.41, 5.74) is 0.726. The van der Waals surface area contributed by atoms with E-state index in [1.165, 1.54) is 12.0 Å². The number of aliphatic hydroxyl groups is 1. The molecule has 0 bridgehead atoms. The zero-order valence-corrected chi connectivity index (χ0v) is 13.9. The quantitative estimate of drug-likeness (QED) is 0.862. The van der Waals surface area contributed by atoms with Crippen LogP contribution in [0, 0.1) is 0 Å². The Morgan fingerprint density at radius 2 is 1.90 bits per heavy atom. The molecule has 0 spiro atoms. The Balaban J connectivity index is 2.22. The van der Waals surface area contributed by atoms with Crippen LogP contribution < -0.4 is 9.47 Å². The second kappa shape index (κ2) is 7.16. The van der Waals surface area contributed by atoms with Gasteiger partial charge in [0, 0.05) is 16.2 Å². The third-order valence-electron chi connectivity index (χ3n) is 3.30. The Kier molecular flexibility index (Phi) is 5.51. The van der Waals surface area contributed by atoms with Crippen molar-refractivity contribution in [1.29, 1.82) is 0 Å². The minimum Gasteiger partial charge on any atom is -0.493 e. The Labute approximate surface area is 134 Å². The van der Waals surface area contributed by atoms with Crippen LogP contribution in [0.1, 0.15) is 28.3 Å². The lowest BCUT2D eigenvalue weighted by atomic mass is 10.0. The highest BCUT2D eigenvalue weighted by Crippen LogP contribution is 2.38. The van der Waals surface area contributed by atoms with Crippen LogP contribution in [0.2, 0.25) is 5.02 Å². The lowest BCUT2D eigenvalue weighted by molar-refractivity contribution is 0.179. The van der Waals surface area contributed by atoms with E-state index in [1.807, 2.05) is 0 Å². The van der Waals surface area contributed by atoms with E-state index in [1.54, 1.807) is 30.6 Å². The van der Waals surface area contributed by atoms with Gasteiger partial charge in [-0.1, -0.05) is 18.5 Å². The van der Waals surface area contributed by atoms with E-state index in [0.717, 1.165) is 16.9 Å². The van der Waals surface area contributed by atoms with Crippen molar-refractivity contribution in [2.75, 3.05) is 14.2 Å². The van der Waals surface area contributed by atoms with Crippen LogP contribution in [0.15, 0.2) is 24.3 Å². The van der Waals surface area contributed by atoms with Crippen molar-refractivity contribution in [3.8, 4) is 11.5 Å². The standard InChI is InChI=1S/C16H19ClO3S/c1-4-11-5-6-12(21-11)9-14(18)10-7-13(17)16(20-3)15(8-10)19-2/h5-8,14,18H,4,9H2,1-3H3. The molecule has 1 atom stereocenters. The number of aliphatic hydroxyl groups excluding tert-OH is 1. The molecule has 0 saturated heterocycles. The molecule has 2 rings (SSSR count). The van der Waals surface area contributed by atoms with Crippen LogP contribution in [0.5, 0.6) is 11.5 Å². The van der Waals surface area contributed by atoms with Gasteiger partial charge in [-0.2, -0.15) is 0 Å². The molecule has 0 amide bonds. The predicted molar refractivity (Wildman–Crippen MR) is 86.9 cm³/mol. The van der Waals surface area contributed by atoms with Gasteiger partial charge < -0.3 is 14.6 Å². The molecule has 3 nitrogen and oxygen atoms in total. The van der Waals surface area contributed by atoms with Gasteiger partial charge in [-0.05, 0) is 36.2 Å². The summed E-state index contributed by atoms with van der Waals surface area (Å²) < 4.78 is 10.5. The molecule has 0 aliphatic rings.